The van der Waals surface area contributed by atoms with Crippen molar-refractivity contribution in [1.82, 2.24) is 14.7 Å². The number of carbonyl (C=O) groups is 2. The molecule has 1 unspecified atom stereocenters. The zero-order chi connectivity index (χ0) is 15.1. The molecule has 20 heavy (non-hydrogen) atoms. The highest BCUT2D eigenvalue weighted by Crippen LogP contribution is 2.06. The van der Waals surface area contributed by atoms with Gasteiger partial charge in [0.05, 0.1) is 12.5 Å². The normalized spacial score (nSPS) is 18.8. The van der Waals surface area contributed by atoms with E-state index >= 15 is 0 Å². The second-order valence-corrected chi connectivity index (χ2v) is 5.38. The van der Waals surface area contributed by atoms with E-state index in [-0.39, 0.29) is 11.8 Å². The summed E-state index contributed by atoms with van der Waals surface area (Å²) in [6.07, 6.45) is 0. The van der Waals surface area contributed by atoms with Gasteiger partial charge in [-0.05, 0) is 13.8 Å². The maximum atomic E-state index is 12.0. The Kier molecular flexibility index (Phi) is 6.95. The number of aliphatic carboxylic acids is 1. The average molecular weight is 285 g/mol. The quantitative estimate of drug-likeness (QED) is 0.723. The minimum atomic E-state index is -0.746. The van der Waals surface area contributed by atoms with Gasteiger partial charge in [0.15, 0.2) is 0 Å². The minimum absolute atomic E-state index is 0.183. The number of rotatable bonds is 7. The second kappa shape index (κ2) is 8.21. The molecule has 0 spiro atoms. The number of piperazine rings is 1. The summed E-state index contributed by atoms with van der Waals surface area (Å²) in [5.74, 6) is -0.898. The summed E-state index contributed by atoms with van der Waals surface area (Å²) in [5, 5.41) is 8.91. The number of amides is 1. The van der Waals surface area contributed by atoms with Gasteiger partial charge in [-0.25, -0.2) is 0 Å². The van der Waals surface area contributed by atoms with Crippen LogP contribution >= 0.6 is 0 Å². The molecule has 1 atom stereocenters. The molecule has 1 N–H and O–H groups in total. The van der Waals surface area contributed by atoms with Crippen LogP contribution in [0, 0.1) is 5.92 Å². The van der Waals surface area contributed by atoms with E-state index in [1.54, 1.807) is 6.92 Å². The van der Waals surface area contributed by atoms with Crippen molar-refractivity contribution in [1.29, 1.82) is 0 Å². The predicted octanol–water partition coefficient (Wildman–Crippen LogP) is 0.193. The van der Waals surface area contributed by atoms with Gasteiger partial charge in [0, 0.05) is 45.8 Å². The summed E-state index contributed by atoms with van der Waals surface area (Å²) in [6.45, 7) is 11.6. The number of hydrogen-bond acceptors (Lipinski definition) is 4. The number of hydrogen-bond donors (Lipinski definition) is 1. The van der Waals surface area contributed by atoms with Crippen molar-refractivity contribution in [2.24, 2.45) is 5.92 Å². The topological polar surface area (TPSA) is 64.1 Å². The number of likely N-dealkylation sites (N-methyl/N-ethyl adjacent to an activating group) is 1. The van der Waals surface area contributed by atoms with Gasteiger partial charge in [0.1, 0.15) is 0 Å². The van der Waals surface area contributed by atoms with E-state index in [0.29, 0.717) is 13.1 Å². The molecule has 0 aromatic heterocycles. The monoisotopic (exact) mass is 285 g/mol. The van der Waals surface area contributed by atoms with Crippen LogP contribution in [0.3, 0.4) is 0 Å². The van der Waals surface area contributed by atoms with Gasteiger partial charge in [-0.3, -0.25) is 19.4 Å². The molecular formula is C14H27N3O3. The van der Waals surface area contributed by atoms with Crippen molar-refractivity contribution in [3.63, 3.8) is 0 Å². The third-order valence-electron chi connectivity index (χ3n) is 3.89. The second-order valence-electron chi connectivity index (χ2n) is 5.38. The molecule has 0 aliphatic carbocycles. The van der Waals surface area contributed by atoms with Crippen LogP contribution in [0.15, 0.2) is 0 Å². The summed E-state index contributed by atoms with van der Waals surface area (Å²) in [7, 11) is 0. The largest absolute Gasteiger partial charge is 0.481 e. The Morgan fingerprint density at radius 3 is 2.05 bits per heavy atom. The summed E-state index contributed by atoms with van der Waals surface area (Å²) in [4.78, 5) is 29.0. The zero-order valence-electron chi connectivity index (χ0n) is 12.8. The first-order valence-corrected chi connectivity index (χ1v) is 7.43. The fourth-order valence-electron chi connectivity index (χ4n) is 2.46. The van der Waals surface area contributed by atoms with E-state index in [1.807, 2.05) is 18.7 Å². The Hall–Kier alpha value is -1.14. The van der Waals surface area contributed by atoms with Gasteiger partial charge in [0.2, 0.25) is 5.91 Å². The molecule has 1 rings (SSSR count). The molecule has 0 aromatic carbocycles. The van der Waals surface area contributed by atoms with Gasteiger partial charge < -0.3 is 10.0 Å². The van der Waals surface area contributed by atoms with E-state index in [9.17, 15) is 9.59 Å². The van der Waals surface area contributed by atoms with Crippen LogP contribution in [0.1, 0.15) is 20.8 Å². The molecule has 1 amide bonds. The molecule has 116 valence electrons. The number of carboxylic acids is 1. The van der Waals surface area contributed by atoms with Crippen molar-refractivity contribution >= 4 is 11.9 Å². The first-order valence-electron chi connectivity index (χ1n) is 7.43. The van der Waals surface area contributed by atoms with E-state index in [1.165, 1.54) is 0 Å². The summed E-state index contributed by atoms with van der Waals surface area (Å²) >= 11 is 0. The van der Waals surface area contributed by atoms with Crippen LogP contribution in [0.4, 0.5) is 0 Å². The molecule has 0 radical (unpaired) electrons. The predicted molar refractivity (Wildman–Crippen MR) is 77.6 cm³/mol. The molecule has 0 saturated carbocycles. The smallest absolute Gasteiger partial charge is 0.307 e. The summed E-state index contributed by atoms with van der Waals surface area (Å²) < 4.78 is 0. The van der Waals surface area contributed by atoms with Crippen molar-refractivity contribution in [3.05, 3.63) is 0 Å². The first-order chi connectivity index (χ1) is 9.47. The van der Waals surface area contributed by atoms with Gasteiger partial charge in [-0.1, -0.05) is 6.92 Å². The Balaban J connectivity index is 2.32. The third-order valence-corrected chi connectivity index (χ3v) is 3.89. The van der Waals surface area contributed by atoms with Crippen LogP contribution in [-0.2, 0) is 9.59 Å². The van der Waals surface area contributed by atoms with Crippen LogP contribution in [-0.4, -0.2) is 84.0 Å². The Morgan fingerprint density at radius 1 is 1.10 bits per heavy atom. The van der Waals surface area contributed by atoms with Gasteiger partial charge >= 0.3 is 5.97 Å². The van der Waals surface area contributed by atoms with Crippen molar-refractivity contribution in [3.8, 4) is 0 Å². The van der Waals surface area contributed by atoms with E-state index in [4.69, 9.17) is 5.11 Å². The molecule has 6 heteroatoms. The van der Waals surface area contributed by atoms with E-state index in [2.05, 4.69) is 9.80 Å². The van der Waals surface area contributed by atoms with Gasteiger partial charge in [0.25, 0.3) is 0 Å². The van der Waals surface area contributed by atoms with E-state index < -0.39 is 5.97 Å². The Labute approximate surface area is 121 Å². The molecule has 6 nitrogen and oxygen atoms in total. The number of carbonyl (C=O) groups excluding carboxylic acids is 1. The lowest BCUT2D eigenvalue weighted by atomic mass is 10.1. The maximum Gasteiger partial charge on any atom is 0.307 e. The van der Waals surface area contributed by atoms with Crippen LogP contribution in [0.5, 0.6) is 0 Å². The highest BCUT2D eigenvalue weighted by molar-refractivity contribution is 5.78. The van der Waals surface area contributed by atoms with Gasteiger partial charge in [-0.2, -0.15) is 0 Å². The molecule has 1 saturated heterocycles. The highest BCUT2D eigenvalue weighted by atomic mass is 16.4. The summed E-state index contributed by atoms with van der Waals surface area (Å²) in [5.41, 5.74) is 0. The molecule has 1 heterocycles. The fraction of sp³-hybridized carbons (Fsp3) is 0.857. The third kappa shape index (κ3) is 5.09. The first kappa shape index (κ1) is 16.9. The van der Waals surface area contributed by atoms with E-state index in [0.717, 1.165) is 39.3 Å². The Morgan fingerprint density at radius 2 is 1.60 bits per heavy atom. The maximum absolute atomic E-state index is 12.0. The molecule has 0 aromatic rings. The average Bonchev–Trinajstić information content (AvgIpc) is 2.42. The molecular weight excluding hydrogens is 258 g/mol. The summed E-state index contributed by atoms with van der Waals surface area (Å²) in [6, 6.07) is 0. The lowest BCUT2D eigenvalue weighted by molar-refractivity contribution is -0.141. The van der Waals surface area contributed by atoms with Crippen LogP contribution < -0.4 is 0 Å². The number of carboxylic acid groups (broad SMARTS) is 1. The fourth-order valence-corrected chi connectivity index (χ4v) is 2.46. The molecule has 1 aliphatic heterocycles. The lowest BCUT2D eigenvalue weighted by Gasteiger charge is -2.35. The number of nitrogens with zero attached hydrogens (tertiary/aromatic N) is 3. The van der Waals surface area contributed by atoms with Crippen LogP contribution in [0.2, 0.25) is 0 Å². The standard InChI is InChI=1S/C14H27N3O3/c1-4-17(5-2)13(18)11-16-8-6-15(7-9-16)10-12(3)14(19)20/h12H,4-11H2,1-3H3,(H,19,20). The van der Waals surface area contributed by atoms with Crippen molar-refractivity contribution in [2.45, 2.75) is 20.8 Å². The minimum Gasteiger partial charge on any atom is -0.481 e. The van der Waals surface area contributed by atoms with Crippen molar-refractivity contribution in [2.75, 3.05) is 52.4 Å². The highest BCUT2D eigenvalue weighted by Gasteiger charge is 2.23. The Bertz CT molecular complexity index is 324. The molecule has 1 fully saturated rings. The molecule has 0 bridgehead atoms. The lowest BCUT2D eigenvalue weighted by Crippen LogP contribution is -2.51. The van der Waals surface area contributed by atoms with Crippen molar-refractivity contribution < 1.29 is 14.7 Å². The zero-order valence-corrected chi connectivity index (χ0v) is 12.8. The van der Waals surface area contributed by atoms with Crippen LogP contribution in [0.25, 0.3) is 0 Å². The SMILES string of the molecule is CCN(CC)C(=O)CN1CCN(CC(C)C(=O)O)CC1. The molecule has 1 aliphatic rings. The van der Waals surface area contributed by atoms with Gasteiger partial charge in [-0.15, -0.1) is 0 Å².